The second-order valence-corrected chi connectivity index (χ2v) is 5.70. The number of hydrogen-bond acceptors (Lipinski definition) is 3. The third kappa shape index (κ3) is 2.09. The zero-order valence-electron chi connectivity index (χ0n) is 8.51. The van der Waals surface area contributed by atoms with Gasteiger partial charge in [0.05, 0.1) is 11.0 Å². The fraction of sp³-hybridized carbons (Fsp3) is 0.400. The summed E-state index contributed by atoms with van der Waals surface area (Å²) in [6, 6.07) is 4.68. The lowest BCUT2D eigenvalue weighted by atomic mass is 10.3. The van der Waals surface area contributed by atoms with E-state index in [4.69, 9.17) is 0 Å². The Morgan fingerprint density at radius 3 is 2.44 bits per heavy atom. The molecule has 0 bridgehead atoms. The maximum atomic E-state index is 12.7. The molecule has 0 spiro atoms. The predicted octanol–water partition coefficient (Wildman–Crippen LogP) is 0.581. The van der Waals surface area contributed by atoms with Gasteiger partial charge in [0.25, 0.3) is 0 Å². The number of hydrogen-bond donors (Lipinski definition) is 1. The van der Waals surface area contributed by atoms with Crippen LogP contribution in [0, 0.1) is 5.82 Å². The van der Waals surface area contributed by atoms with Gasteiger partial charge in [-0.25, -0.2) is 12.8 Å². The maximum Gasteiger partial charge on any atom is 0.243 e. The van der Waals surface area contributed by atoms with Gasteiger partial charge in [-0.3, -0.25) is 0 Å². The number of rotatable bonds is 2. The minimum Gasteiger partial charge on any atom is -0.392 e. The highest BCUT2D eigenvalue weighted by molar-refractivity contribution is 7.89. The summed E-state index contributed by atoms with van der Waals surface area (Å²) in [6.07, 6.45) is -0.157. The van der Waals surface area contributed by atoms with Crippen molar-refractivity contribution in [2.24, 2.45) is 0 Å². The summed E-state index contributed by atoms with van der Waals surface area (Å²) >= 11 is 0. The Bertz CT molecular complexity index is 471. The molecule has 1 N–H and O–H groups in total. The molecule has 1 aliphatic rings. The molecule has 2 rings (SSSR count). The number of nitrogens with zero attached hydrogens (tertiary/aromatic N) is 1. The van der Waals surface area contributed by atoms with E-state index in [-0.39, 0.29) is 11.4 Å². The highest BCUT2D eigenvalue weighted by Gasteiger charge is 2.31. The van der Waals surface area contributed by atoms with Gasteiger partial charge in [-0.2, -0.15) is 4.31 Å². The normalized spacial score (nSPS) is 22.5. The number of sulfonamides is 1. The summed E-state index contributed by atoms with van der Waals surface area (Å²) in [5.74, 6) is -0.472. The van der Waals surface area contributed by atoms with E-state index in [9.17, 15) is 17.9 Å². The largest absolute Gasteiger partial charge is 0.392 e. The van der Waals surface area contributed by atoms with Crippen LogP contribution in [0.4, 0.5) is 4.39 Å². The molecule has 0 saturated carbocycles. The second kappa shape index (κ2) is 4.12. The maximum absolute atomic E-state index is 12.7. The number of benzene rings is 1. The molecule has 0 aliphatic carbocycles. The van der Waals surface area contributed by atoms with Crippen LogP contribution in [0.1, 0.15) is 6.42 Å². The van der Waals surface area contributed by atoms with E-state index in [1.165, 1.54) is 16.4 Å². The summed E-state index contributed by atoms with van der Waals surface area (Å²) in [5.41, 5.74) is 0. The Hall–Kier alpha value is -0.980. The van der Waals surface area contributed by atoms with E-state index in [0.29, 0.717) is 13.0 Å². The molecule has 1 heterocycles. The van der Waals surface area contributed by atoms with Crippen molar-refractivity contribution < 1.29 is 17.9 Å². The zero-order chi connectivity index (χ0) is 11.8. The Morgan fingerprint density at radius 2 is 1.94 bits per heavy atom. The van der Waals surface area contributed by atoms with Gasteiger partial charge in [0, 0.05) is 13.1 Å². The van der Waals surface area contributed by atoms with E-state index < -0.39 is 21.9 Å². The molecule has 1 saturated heterocycles. The Labute approximate surface area is 93.4 Å². The lowest BCUT2D eigenvalue weighted by Crippen LogP contribution is -2.29. The molecular weight excluding hydrogens is 233 g/mol. The molecule has 0 amide bonds. The minimum absolute atomic E-state index is 0.0583. The molecule has 1 aromatic rings. The number of aliphatic hydroxyl groups excluding tert-OH is 1. The first-order valence-corrected chi connectivity index (χ1v) is 6.38. The highest BCUT2D eigenvalue weighted by Crippen LogP contribution is 2.20. The fourth-order valence-electron chi connectivity index (χ4n) is 1.68. The third-order valence-electron chi connectivity index (χ3n) is 2.58. The lowest BCUT2D eigenvalue weighted by Gasteiger charge is -2.15. The van der Waals surface area contributed by atoms with Crippen LogP contribution >= 0.6 is 0 Å². The van der Waals surface area contributed by atoms with Crippen molar-refractivity contribution in [3.05, 3.63) is 30.1 Å². The van der Waals surface area contributed by atoms with Crippen LogP contribution in [-0.2, 0) is 10.0 Å². The third-order valence-corrected chi connectivity index (χ3v) is 4.46. The van der Waals surface area contributed by atoms with Gasteiger partial charge in [0.15, 0.2) is 0 Å². The van der Waals surface area contributed by atoms with Crippen molar-refractivity contribution in [2.45, 2.75) is 17.4 Å². The van der Waals surface area contributed by atoms with Crippen LogP contribution in [0.15, 0.2) is 29.2 Å². The molecule has 1 aromatic carbocycles. The van der Waals surface area contributed by atoms with Gasteiger partial charge in [0.1, 0.15) is 5.82 Å². The van der Waals surface area contributed by atoms with Crippen molar-refractivity contribution in [1.29, 1.82) is 0 Å². The van der Waals surface area contributed by atoms with E-state index in [1.54, 1.807) is 0 Å². The Balaban J connectivity index is 2.29. The summed E-state index contributed by atoms with van der Waals surface area (Å²) < 4.78 is 37.8. The summed E-state index contributed by atoms with van der Waals surface area (Å²) in [6.45, 7) is 0.417. The summed E-state index contributed by atoms with van der Waals surface area (Å²) in [4.78, 5) is 0.0583. The van der Waals surface area contributed by atoms with Crippen LogP contribution in [0.3, 0.4) is 0 Å². The van der Waals surface area contributed by atoms with Crippen molar-refractivity contribution in [3.8, 4) is 0 Å². The molecule has 6 heteroatoms. The van der Waals surface area contributed by atoms with Gasteiger partial charge < -0.3 is 5.11 Å². The van der Waals surface area contributed by atoms with Gasteiger partial charge in [-0.05, 0) is 30.7 Å². The molecule has 0 radical (unpaired) electrons. The van der Waals surface area contributed by atoms with Gasteiger partial charge in [-0.15, -0.1) is 0 Å². The number of halogens is 1. The SMILES string of the molecule is O=S(=O)(c1ccc(F)cc1)N1CCC(O)C1. The van der Waals surface area contributed by atoms with Crippen molar-refractivity contribution in [2.75, 3.05) is 13.1 Å². The second-order valence-electron chi connectivity index (χ2n) is 3.76. The molecule has 16 heavy (non-hydrogen) atoms. The summed E-state index contributed by atoms with van der Waals surface area (Å²) in [7, 11) is -3.58. The molecule has 1 aliphatic heterocycles. The highest BCUT2D eigenvalue weighted by atomic mass is 32.2. The predicted molar refractivity (Wildman–Crippen MR) is 55.8 cm³/mol. The van der Waals surface area contributed by atoms with Crippen LogP contribution < -0.4 is 0 Å². The Morgan fingerprint density at radius 1 is 1.31 bits per heavy atom. The fourth-order valence-corrected chi connectivity index (χ4v) is 3.18. The first-order valence-electron chi connectivity index (χ1n) is 4.94. The Kier molecular flexibility index (Phi) is 2.96. The smallest absolute Gasteiger partial charge is 0.243 e. The molecular formula is C10H12FNO3S. The number of β-amino-alcohol motifs (C(OH)–C–C–N with tert-alkyl or cyclic N) is 1. The van der Waals surface area contributed by atoms with E-state index in [1.807, 2.05) is 0 Å². The van der Waals surface area contributed by atoms with Crippen molar-refractivity contribution >= 4 is 10.0 Å². The molecule has 1 unspecified atom stereocenters. The lowest BCUT2D eigenvalue weighted by molar-refractivity contribution is 0.189. The minimum atomic E-state index is -3.58. The van der Waals surface area contributed by atoms with Crippen LogP contribution in [0.2, 0.25) is 0 Å². The van der Waals surface area contributed by atoms with Gasteiger partial charge >= 0.3 is 0 Å². The first-order chi connectivity index (χ1) is 7.50. The standard InChI is InChI=1S/C10H12FNO3S/c11-8-1-3-10(4-2-8)16(14,15)12-6-5-9(13)7-12/h1-4,9,13H,5-7H2. The molecule has 1 atom stereocenters. The average Bonchev–Trinajstić information content (AvgIpc) is 2.66. The van der Waals surface area contributed by atoms with E-state index in [2.05, 4.69) is 0 Å². The topological polar surface area (TPSA) is 57.6 Å². The quantitative estimate of drug-likeness (QED) is 0.829. The van der Waals surface area contributed by atoms with Crippen molar-refractivity contribution in [3.63, 3.8) is 0 Å². The van der Waals surface area contributed by atoms with E-state index >= 15 is 0 Å². The molecule has 1 fully saturated rings. The molecule has 88 valence electrons. The monoisotopic (exact) mass is 245 g/mol. The molecule has 4 nitrogen and oxygen atoms in total. The zero-order valence-corrected chi connectivity index (χ0v) is 9.32. The number of aliphatic hydroxyl groups is 1. The average molecular weight is 245 g/mol. The first kappa shape index (κ1) is 11.5. The van der Waals surface area contributed by atoms with Gasteiger partial charge in [0.2, 0.25) is 10.0 Å². The van der Waals surface area contributed by atoms with E-state index in [0.717, 1.165) is 12.1 Å². The van der Waals surface area contributed by atoms with Gasteiger partial charge in [-0.1, -0.05) is 0 Å². The summed E-state index contributed by atoms with van der Waals surface area (Å²) in [5, 5.41) is 9.29. The van der Waals surface area contributed by atoms with Crippen molar-refractivity contribution in [1.82, 2.24) is 4.31 Å². The van der Waals surface area contributed by atoms with Crippen LogP contribution in [0.5, 0.6) is 0 Å². The van der Waals surface area contributed by atoms with Crippen LogP contribution in [-0.4, -0.2) is 37.0 Å². The van der Waals surface area contributed by atoms with Crippen LogP contribution in [0.25, 0.3) is 0 Å². The molecule has 0 aromatic heterocycles.